The van der Waals surface area contributed by atoms with Gasteiger partial charge in [0.2, 0.25) is 10.0 Å². The average molecular weight is 449 g/mol. The van der Waals surface area contributed by atoms with E-state index in [2.05, 4.69) is 0 Å². The number of rotatable bonds is 4. The fourth-order valence-electron chi connectivity index (χ4n) is 3.46. The first-order chi connectivity index (χ1) is 14.3. The maximum absolute atomic E-state index is 13.0. The number of nitrogens with zero attached hydrogens (tertiary/aromatic N) is 2. The number of piperidine rings is 1. The van der Waals surface area contributed by atoms with Gasteiger partial charge in [0, 0.05) is 13.1 Å². The van der Waals surface area contributed by atoms with Crippen LogP contribution in [-0.2, 0) is 14.9 Å². The van der Waals surface area contributed by atoms with E-state index in [1.807, 2.05) is 0 Å². The molecule has 2 aromatic rings. The summed E-state index contributed by atoms with van der Waals surface area (Å²) in [5.41, 5.74) is 0.103. The second-order valence-electron chi connectivity index (χ2n) is 6.94. The fourth-order valence-corrected chi connectivity index (χ4v) is 5.48. The number of fused-ring (bicyclic) bond motifs is 1. The number of carbonyl (C=O) groups is 3. The molecule has 0 unspecified atom stereocenters. The van der Waals surface area contributed by atoms with Crippen molar-refractivity contribution in [2.24, 2.45) is 0 Å². The Balaban J connectivity index is 1.60. The number of amides is 2. The molecule has 2 heterocycles. The van der Waals surface area contributed by atoms with Crippen LogP contribution in [0.5, 0.6) is 0 Å². The third kappa shape index (κ3) is 3.49. The normalized spacial score (nSPS) is 17.2. The second kappa shape index (κ2) is 7.82. The van der Waals surface area contributed by atoms with E-state index >= 15 is 0 Å². The maximum atomic E-state index is 13.0. The molecule has 0 bridgehead atoms. The third-order valence-electron chi connectivity index (χ3n) is 5.03. The Kier molecular flexibility index (Phi) is 5.35. The molecule has 10 heteroatoms. The highest BCUT2D eigenvalue weighted by Crippen LogP contribution is 2.29. The summed E-state index contributed by atoms with van der Waals surface area (Å²) in [7, 11) is -3.90. The van der Waals surface area contributed by atoms with Crippen molar-refractivity contribution >= 4 is 39.4 Å². The zero-order valence-corrected chi connectivity index (χ0v) is 17.3. The fraction of sp³-hybridized carbons (Fsp3) is 0.250. The summed E-state index contributed by atoms with van der Waals surface area (Å²) in [4.78, 5) is 42.1. The van der Waals surface area contributed by atoms with E-state index in [1.165, 1.54) is 28.6 Å². The lowest BCUT2D eigenvalue weighted by atomic mass is 10.1. The molecule has 1 saturated heterocycles. The van der Waals surface area contributed by atoms with Crippen molar-refractivity contribution in [3.05, 3.63) is 64.2 Å². The van der Waals surface area contributed by atoms with Crippen molar-refractivity contribution in [3.63, 3.8) is 0 Å². The Hall–Kier alpha value is -2.75. The molecule has 0 atom stereocenters. The summed E-state index contributed by atoms with van der Waals surface area (Å²) in [6.07, 6.45) is 2.45. The van der Waals surface area contributed by atoms with Gasteiger partial charge in [-0.25, -0.2) is 13.2 Å². The zero-order valence-electron chi connectivity index (χ0n) is 15.7. The first kappa shape index (κ1) is 20.5. The van der Waals surface area contributed by atoms with Crippen LogP contribution < -0.4 is 0 Å². The smallest absolute Gasteiger partial charge is 0.324 e. The van der Waals surface area contributed by atoms with E-state index in [1.54, 1.807) is 12.1 Å². The molecule has 2 aliphatic rings. The average Bonchev–Trinajstić information content (AvgIpc) is 2.99. The van der Waals surface area contributed by atoms with E-state index in [0.29, 0.717) is 18.2 Å². The van der Waals surface area contributed by atoms with Crippen LogP contribution in [0.25, 0.3) is 0 Å². The van der Waals surface area contributed by atoms with Gasteiger partial charge in [-0.05, 0) is 43.2 Å². The third-order valence-corrected chi connectivity index (χ3v) is 7.41. The molecular weight excluding hydrogens is 432 g/mol. The van der Waals surface area contributed by atoms with Gasteiger partial charge in [0.25, 0.3) is 11.8 Å². The minimum Gasteiger partial charge on any atom is -0.324 e. The van der Waals surface area contributed by atoms with Crippen molar-refractivity contribution in [1.29, 1.82) is 0 Å². The number of hydrogen-bond donors (Lipinski definition) is 0. The number of sulfonamides is 1. The lowest BCUT2D eigenvalue weighted by Crippen LogP contribution is -2.36. The van der Waals surface area contributed by atoms with E-state index in [9.17, 15) is 22.8 Å². The lowest BCUT2D eigenvalue weighted by molar-refractivity contribution is -0.0584. The van der Waals surface area contributed by atoms with Gasteiger partial charge < -0.3 is 4.84 Å². The minimum atomic E-state index is -3.90. The Morgan fingerprint density at radius 2 is 1.53 bits per heavy atom. The summed E-state index contributed by atoms with van der Waals surface area (Å²) >= 11 is 6.11. The summed E-state index contributed by atoms with van der Waals surface area (Å²) < 4.78 is 27.2. The molecule has 4 rings (SSSR count). The SMILES string of the molecule is O=C(ON1C(=O)c2ccccc2C1=O)c1ccc(Cl)c(S(=O)(=O)N2CCCCC2)c1. The number of benzene rings is 2. The van der Waals surface area contributed by atoms with Crippen molar-refractivity contribution in [3.8, 4) is 0 Å². The molecule has 0 saturated carbocycles. The van der Waals surface area contributed by atoms with Crippen molar-refractivity contribution < 1.29 is 27.6 Å². The van der Waals surface area contributed by atoms with Crippen molar-refractivity contribution in [2.75, 3.05) is 13.1 Å². The van der Waals surface area contributed by atoms with E-state index < -0.39 is 27.8 Å². The van der Waals surface area contributed by atoms with Crippen LogP contribution in [0.4, 0.5) is 0 Å². The topological polar surface area (TPSA) is 101 Å². The van der Waals surface area contributed by atoms with Crippen LogP contribution in [0.2, 0.25) is 5.02 Å². The summed E-state index contributed by atoms with van der Waals surface area (Å²) in [5, 5.41) is 0.346. The molecule has 2 amide bonds. The van der Waals surface area contributed by atoms with Crippen LogP contribution >= 0.6 is 11.6 Å². The number of carbonyl (C=O) groups excluding carboxylic acids is 3. The van der Waals surface area contributed by atoms with Gasteiger partial charge in [0.1, 0.15) is 4.90 Å². The number of imide groups is 1. The largest absolute Gasteiger partial charge is 0.363 e. The Bertz CT molecular complexity index is 1120. The second-order valence-corrected chi connectivity index (χ2v) is 9.25. The van der Waals surface area contributed by atoms with Crippen molar-refractivity contribution in [1.82, 2.24) is 9.37 Å². The molecule has 2 aromatic carbocycles. The molecule has 0 N–H and O–H groups in total. The van der Waals surface area contributed by atoms with E-state index in [-0.39, 0.29) is 26.6 Å². The van der Waals surface area contributed by atoms with Gasteiger partial charge in [0.05, 0.1) is 21.7 Å². The molecule has 0 aliphatic carbocycles. The highest BCUT2D eigenvalue weighted by atomic mass is 35.5. The van der Waals surface area contributed by atoms with Crippen LogP contribution in [0.15, 0.2) is 47.4 Å². The Morgan fingerprint density at radius 1 is 0.933 bits per heavy atom. The van der Waals surface area contributed by atoms with Gasteiger partial charge in [0.15, 0.2) is 0 Å². The van der Waals surface area contributed by atoms with Crippen LogP contribution in [0.1, 0.15) is 50.3 Å². The highest BCUT2D eigenvalue weighted by Gasteiger charge is 2.39. The van der Waals surface area contributed by atoms with Crippen LogP contribution in [0, 0.1) is 0 Å². The molecule has 30 heavy (non-hydrogen) atoms. The monoisotopic (exact) mass is 448 g/mol. The molecule has 8 nitrogen and oxygen atoms in total. The summed E-state index contributed by atoms with van der Waals surface area (Å²) in [5.74, 6) is -2.57. The van der Waals surface area contributed by atoms with Gasteiger partial charge in [-0.1, -0.05) is 35.2 Å². The molecule has 0 spiro atoms. The maximum Gasteiger partial charge on any atom is 0.363 e. The van der Waals surface area contributed by atoms with Gasteiger partial charge in [-0.2, -0.15) is 4.31 Å². The van der Waals surface area contributed by atoms with E-state index in [0.717, 1.165) is 25.3 Å². The van der Waals surface area contributed by atoms with Crippen molar-refractivity contribution in [2.45, 2.75) is 24.2 Å². The van der Waals surface area contributed by atoms with Crippen LogP contribution in [-0.4, -0.2) is 48.7 Å². The lowest BCUT2D eigenvalue weighted by Gasteiger charge is -2.26. The molecule has 156 valence electrons. The standard InChI is InChI=1S/C20H17ClN2O6S/c21-16-9-8-13(12-17(16)30(27,28)22-10-4-1-5-11-22)20(26)29-23-18(24)14-6-2-3-7-15(14)19(23)25/h2-3,6-9,12H,1,4-5,10-11H2. The number of hydrogen-bond acceptors (Lipinski definition) is 6. The predicted octanol–water partition coefficient (Wildman–Crippen LogP) is 2.88. The van der Waals surface area contributed by atoms with Gasteiger partial charge >= 0.3 is 5.97 Å². The molecule has 0 aromatic heterocycles. The first-order valence-electron chi connectivity index (χ1n) is 9.30. The van der Waals surface area contributed by atoms with Gasteiger partial charge in [-0.3, -0.25) is 9.59 Å². The molecule has 0 radical (unpaired) electrons. The minimum absolute atomic E-state index is 0.0298. The molecule has 2 aliphatic heterocycles. The molecule has 1 fully saturated rings. The summed E-state index contributed by atoms with van der Waals surface area (Å²) in [6, 6.07) is 9.74. The Morgan fingerprint density at radius 3 is 2.13 bits per heavy atom. The zero-order chi connectivity index (χ0) is 21.5. The quantitative estimate of drug-likeness (QED) is 0.666. The first-order valence-corrected chi connectivity index (χ1v) is 11.1. The number of hydroxylamine groups is 2. The Labute approximate surface area is 178 Å². The van der Waals surface area contributed by atoms with E-state index in [4.69, 9.17) is 16.4 Å². The highest BCUT2D eigenvalue weighted by molar-refractivity contribution is 7.89. The number of halogens is 1. The summed E-state index contributed by atoms with van der Waals surface area (Å²) in [6.45, 7) is 0.755. The molecular formula is C20H17ClN2O6S. The van der Waals surface area contributed by atoms with Gasteiger partial charge in [-0.15, -0.1) is 0 Å². The van der Waals surface area contributed by atoms with Crippen LogP contribution in [0.3, 0.4) is 0 Å². The predicted molar refractivity (Wildman–Crippen MR) is 106 cm³/mol.